The van der Waals surface area contributed by atoms with E-state index in [0.717, 1.165) is 48.2 Å². The highest BCUT2D eigenvalue weighted by atomic mass is 35.5. The minimum absolute atomic E-state index is 0.0961. The Morgan fingerprint density at radius 1 is 0.897 bits per heavy atom. The molecule has 0 saturated carbocycles. The van der Waals surface area contributed by atoms with Gasteiger partial charge in [-0.25, -0.2) is 0 Å². The first-order valence-electron chi connectivity index (χ1n) is 13.7. The molecule has 0 bridgehead atoms. The van der Waals surface area contributed by atoms with Crippen molar-refractivity contribution in [1.29, 1.82) is 0 Å². The van der Waals surface area contributed by atoms with Gasteiger partial charge in [-0.2, -0.15) is 0 Å². The second-order valence-electron chi connectivity index (χ2n) is 10.6. The number of carbonyl (C=O) groups is 2. The summed E-state index contributed by atoms with van der Waals surface area (Å²) in [7, 11) is 3.26. The molecule has 0 fully saturated rings. The third kappa shape index (κ3) is 5.24. The minimum atomic E-state index is -0.463. The van der Waals surface area contributed by atoms with Crippen LogP contribution in [0.4, 0.5) is 0 Å². The number of hydrogen-bond acceptors (Lipinski definition) is 6. The Kier molecular flexibility index (Phi) is 8.15. The molecule has 6 nitrogen and oxygen atoms in total. The summed E-state index contributed by atoms with van der Waals surface area (Å²) in [6.45, 7) is 5.64. The van der Waals surface area contributed by atoms with Crippen molar-refractivity contribution in [3.05, 3.63) is 80.1 Å². The number of halogens is 1. The maximum absolute atomic E-state index is 13.5. The van der Waals surface area contributed by atoms with Crippen LogP contribution in [0.3, 0.4) is 0 Å². The maximum atomic E-state index is 13.5. The van der Waals surface area contributed by atoms with Crippen LogP contribution in [0.1, 0.15) is 66.7 Å². The van der Waals surface area contributed by atoms with E-state index >= 15 is 0 Å². The second kappa shape index (κ2) is 11.6. The van der Waals surface area contributed by atoms with Crippen LogP contribution in [0.5, 0.6) is 11.5 Å². The molecule has 0 radical (unpaired) electrons. The van der Waals surface area contributed by atoms with Crippen LogP contribution in [0.25, 0.3) is 0 Å². The van der Waals surface area contributed by atoms with Crippen LogP contribution in [0.2, 0.25) is 5.02 Å². The molecule has 7 heteroatoms. The van der Waals surface area contributed by atoms with Crippen molar-refractivity contribution < 1.29 is 23.8 Å². The number of methoxy groups -OCH3 is 2. The number of carbonyl (C=O) groups excluding carboxylic acids is 2. The lowest BCUT2D eigenvalue weighted by Crippen LogP contribution is -2.40. The van der Waals surface area contributed by atoms with Crippen molar-refractivity contribution >= 4 is 23.2 Å². The van der Waals surface area contributed by atoms with Crippen molar-refractivity contribution in [2.24, 2.45) is 0 Å². The summed E-state index contributed by atoms with van der Waals surface area (Å²) in [5.74, 6) is 0.665. The Balaban J connectivity index is 1.57. The normalized spacial score (nSPS) is 17.9. The fourth-order valence-electron chi connectivity index (χ4n) is 6.10. The van der Waals surface area contributed by atoms with Gasteiger partial charge in [-0.15, -0.1) is 0 Å². The zero-order chi connectivity index (χ0) is 27.7. The summed E-state index contributed by atoms with van der Waals surface area (Å²) >= 11 is 6.84. The van der Waals surface area contributed by atoms with Gasteiger partial charge in [-0.1, -0.05) is 29.8 Å². The molecule has 0 N–H and O–H groups in total. The predicted octanol–water partition coefficient (Wildman–Crippen LogP) is 6.60. The van der Waals surface area contributed by atoms with Gasteiger partial charge in [0.15, 0.2) is 23.1 Å². The summed E-state index contributed by atoms with van der Waals surface area (Å²) in [6.07, 6.45) is 4.17. The Bertz CT molecular complexity index is 1330. The van der Waals surface area contributed by atoms with Crippen LogP contribution in [-0.4, -0.2) is 43.8 Å². The summed E-state index contributed by atoms with van der Waals surface area (Å²) in [5, 5.41) is 0.394. The molecule has 3 aliphatic rings. The molecule has 0 unspecified atom stereocenters. The summed E-state index contributed by atoms with van der Waals surface area (Å²) in [4.78, 5) is 29.2. The van der Waals surface area contributed by atoms with Crippen LogP contribution < -0.4 is 9.47 Å². The molecule has 2 aromatic rings. The van der Waals surface area contributed by atoms with Crippen molar-refractivity contribution in [3.63, 3.8) is 0 Å². The topological polar surface area (TPSA) is 65.1 Å². The molecular weight excluding hydrogens is 514 g/mol. The predicted molar refractivity (Wildman–Crippen MR) is 151 cm³/mol. The smallest absolute Gasteiger partial charge is 0.180 e. The van der Waals surface area contributed by atoms with Crippen molar-refractivity contribution in [3.8, 4) is 11.5 Å². The lowest BCUT2D eigenvalue weighted by molar-refractivity contribution is -0.117. The number of allylic oxidation sites excluding steroid dienone is 4. The van der Waals surface area contributed by atoms with Gasteiger partial charge < -0.3 is 19.1 Å². The van der Waals surface area contributed by atoms with Gasteiger partial charge in [-0.3, -0.25) is 9.59 Å². The number of benzene rings is 2. The van der Waals surface area contributed by atoms with Crippen LogP contribution >= 0.6 is 11.6 Å². The molecule has 0 saturated heterocycles. The minimum Gasteiger partial charge on any atom is -0.493 e. The van der Waals surface area contributed by atoms with E-state index in [-0.39, 0.29) is 11.6 Å². The zero-order valence-electron chi connectivity index (χ0n) is 23.2. The van der Waals surface area contributed by atoms with Gasteiger partial charge in [0, 0.05) is 55.0 Å². The van der Waals surface area contributed by atoms with Gasteiger partial charge >= 0.3 is 0 Å². The van der Waals surface area contributed by atoms with Crippen LogP contribution in [-0.2, 0) is 20.9 Å². The van der Waals surface area contributed by atoms with E-state index in [0.29, 0.717) is 60.3 Å². The van der Waals surface area contributed by atoms with Crippen molar-refractivity contribution in [2.45, 2.75) is 64.9 Å². The van der Waals surface area contributed by atoms with E-state index in [1.807, 2.05) is 18.2 Å². The van der Waals surface area contributed by atoms with Gasteiger partial charge in [0.2, 0.25) is 0 Å². The van der Waals surface area contributed by atoms with Crippen LogP contribution in [0, 0.1) is 13.8 Å². The SMILES string of the molecule is COCCN1C2=C(C(=O)CCC2)C(c2cc(Cl)c(OCc3ccc(C)c(C)c3)c(OC)c2)C2=C1CCCC2=O. The lowest BCUT2D eigenvalue weighted by Gasteiger charge is -2.44. The Morgan fingerprint density at radius 3 is 2.15 bits per heavy atom. The Hall–Kier alpha value is -3.09. The average molecular weight is 550 g/mol. The fraction of sp³-hybridized carbons (Fsp3) is 0.438. The largest absolute Gasteiger partial charge is 0.493 e. The Labute approximate surface area is 235 Å². The van der Waals surface area contributed by atoms with E-state index < -0.39 is 5.92 Å². The molecule has 0 amide bonds. The van der Waals surface area contributed by atoms with E-state index in [1.165, 1.54) is 11.1 Å². The first-order chi connectivity index (χ1) is 18.8. The molecule has 2 aliphatic carbocycles. The zero-order valence-corrected chi connectivity index (χ0v) is 24.0. The first kappa shape index (κ1) is 27.5. The number of nitrogens with zero attached hydrogens (tertiary/aromatic N) is 1. The van der Waals surface area contributed by atoms with E-state index in [2.05, 4.69) is 30.9 Å². The highest BCUT2D eigenvalue weighted by molar-refractivity contribution is 6.32. The van der Waals surface area contributed by atoms with Gasteiger partial charge in [0.05, 0.1) is 18.7 Å². The number of Topliss-reactive ketones (excluding diaryl/α,β-unsaturated/α-hetero) is 2. The summed E-state index contributed by atoms with van der Waals surface area (Å²) < 4.78 is 17.3. The quantitative estimate of drug-likeness (QED) is 0.369. The summed E-state index contributed by atoms with van der Waals surface area (Å²) in [6, 6.07) is 9.95. The number of aryl methyl sites for hydroxylation is 2. The van der Waals surface area contributed by atoms with Crippen molar-refractivity contribution in [2.75, 3.05) is 27.4 Å². The van der Waals surface area contributed by atoms with Gasteiger partial charge in [-0.05, 0) is 73.9 Å². The number of ether oxygens (including phenoxy) is 3. The summed E-state index contributed by atoms with van der Waals surface area (Å²) in [5.41, 5.74) is 7.72. The second-order valence-corrected chi connectivity index (χ2v) is 11.0. The van der Waals surface area contributed by atoms with E-state index in [4.69, 9.17) is 25.8 Å². The highest BCUT2D eigenvalue weighted by Crippen LogP contribution is 2.51. The number of hydrogen-bond donors (Lipinski definition) is 0. The molecule has 0 aromatic heterocycles. The van der Waals surface area contributed by atoms with Crippen molar-refractivity contribution in [1.82, 2.24) is 4.90 Å². The molecule has 5 rings (SSSR count). The molecule has 206 valence electrons. The van der Waals surface area contributed by atoms with Crippen LogP contribution in [0.15, 0.2) is 52.9 Å². The molecule has 0 spiro atoms. The van der Waals surface area contributed by atoms with Gasteiger partial charge in [0.25, 0.3) is 0 Å². The lowest BCUT2D eigenvalue weighted by atomic mass is 9.71. The molecule has 39 heavy (non-hydrogen) atoms. The third-order valence-electron chi connectivity index (χ3n) is 8.15. The highest BCUT2D eigenvalue weighted by Gasteiger charge is 2.43. The molecular formula is C32H36ClNO5. The standard InChI is InChI=1S/C32H36ClNO5/c1-19-11-12-21(15-20(19)2)18-39-32-23(33)16-22(17-28(32)38-4)29-30-24(7-5-9-26(30)35)34(13-14-37-3)25-8-6-10-27(36)31(25)29/h11-12,15-17,29H,5-10,13-14,18H2,1-4H3. The number of rotatable bonds is 8. The Morgan fingerprint density at radius 2 is 1.56 bits per heavy atom. The van der Waals surface area contributed by atoms with Gasteiger partial charge in [0.1, 0.15) is 6.61 Å². The maximum Gasteiger partial charge on any atom is 0.180 e. The van der Waals surface area contributed by atoms with E-state index in [9.17, 15) is 9.59 Å². The molecule has 0 atom stereocenters. The average Bonchev–Trinajstić information content (AvgIpc) is 2.92. The van der Waals surface area contributed by atoms with E-state index in [1.54, 1.807) is 14.2 Å². The molecule has 1 heterocycles. The third-order valence-corrected chi connectivity index (χ3v) is 8.43. The first-order valence-corrected chi connectivity index (χ1v) is 14.1. The molecule has 2 aromatic carbocycles. The molecule has 1 aliphatic heterocycles. The number of ketones is 2. The monoisotopic (exact) mass is 549 g/mol. The fourth-order valence-corrected chi connectivity index (χ4v) is 6.37.